The summed E-state index contributed by atoms with van der Waals surface area (Å²) < 4.78 is 13.3. The molecule has 1 atom stereocenters. The third-order valence-corrected chi connectivity index (χ3v) is 3.22. The van der Waals surface area contributed by atoms with Crippen LogP contribution in [-0.2, 0) is 0 Å². The average molecular weight is 288 g/mol. The third kappa shape index (κ3) is 2.25. The van der Waals surface area contributed by atoms with E-state index in [4.69, 9.17) is 0 Å². The van der Waals surface area contributed by atoms with Crippen LogP contribution < -0.4 is 0 Å². The molecular formula is C11H11BrFNO2. The van der Waals surface area contributed by atoms with Gasteiger partial charge in [0.05, 0.1) is 10.6 Å². The minimum atomic E-state index is -0.437. The molecular weight excluding hydrogens is 277 g/mol. The van der Waals surface area contributed by atoms with Crippen molar-refractivity contribution in [3.05, 3.63) is 34.1 Å². The summed E-state index contributed by atoms with van der Waals surface area (Å²) in [5.41, 5.74) is 0.433. The number of β-amino-alcohol motifs (C(OH)–C–C–N with tert-alkyl or cyclic N) is 1. The van der Waals surface area contributed by atoms with Crippen LogP contribution in [0.1, 0.15) is 16.8 Å². The lowest BCUT2D eigenvalue weighted by molar-refractivity contribution is 0.0765. The highest BCUT2D eigenvalue weighted by molar-refractivity contribution is 9.10. The first kappa shape index (κ1) is 11.5. The number of hydrogen-bond acceptors (Lipinski definition) is 2. The van der Waals surface area contributed by atoms with Gasteiger partial charge in [0.25, 0.3) is 5.91 Å². The SMILES string of the molecule is O=C(c1ccc(F)c(Br)c1)N1CC[C@H](O)C1. The maximum absolute atomic E-state index is 13.0. The average Bonchev–Trinajstić information content (AvgIpc) is 2.68. The molecule has 0 aliphatic carbocycles. The molecule has 1 aromatic rings. The number of aliphatic hydroxyl groups excluding tert-OH is 1. The van der Waals surface area contributed by atoms with Crippen molar-refractivity contribution >= 4 is 21.8 Å². The molecule has 3 nitrogen and oxygen atoms in total. The van der Waals surface area contributed by atoms with Crippen molar-refractivity contribution in [2.45, 2.75) is 12.5 Å². The molecule has 1 aromatic carbocycles. The second-order valence-electron chi connectivity index (χ2n) is 3.82. The number of carbonyl (C=O) groups is 1. The fraction of sp³-hybridized carbons (Fsp3) is 0.364. The van der Waals surface area contributed by atoms with E-state index < -0.39 is 11.9 Å². The fourth-order valence-corrected chi connectivity index (χ4v) is 2.12. The Hall–Kier alpha value is -0.940. The van der Waals surface area contributed by atoms with Gasteiger partial charge in [-0.3, -0.25) is 4.79 Å². The van der Waals surface area contributed by atoms with Crippen LogP contribution in [0.4, 0.5) is 4.39 Å². The molecule has 16 heavy (non-hydrogen) atoms. The molecule has 1 heterocycles. The van der Waals surface area contributed by atoms with Crippen molar-refractivity contribution in [2.24, 2.45) is 0 Å². The van der Waals surface area contributed by atoms with Crippen molar-refractivity contribution in [2.75, 3.05) is 13.1 Å². The molecule has 1 saturated heterocycles. The van der Waals surface area contributed by atoms with Crippen LogP contribution in [0.3, 0.4) is 0 Å². The standard InChI is InChI=1S/C11H11BrFNO2/c12-9-5-7(1-2-10(9)13)11(16)14-4-3-8(15)6-14/h1-2,5,8,15H,3-4,6H2/t8-/m0/s1. The molecule has 2 rings (SSSR count). The molecule has 1 amide bonds. The largest absolute Gasteiger partial charge is 0.391 e. The van der Waals surface area contributed by atoms with Crippen LogP contribution in [0, 0.1) is 5.82 Å². The zero-order valence-electron chi connectivity index (χ0n) is 8.49. The predicted octanol–water partition coefficient (Wildman–Crippen LogP) is 1.79. The van der Waals surface area contributed by atoms with Gasteiger partial charge in [-0.25, -0.2) is 4.39 Å². The van der Waals surface area contributed by atoms with Gasteiger partial charge in [0.1, 0.15) is 5.82 Å². The van der Waals surface area contributed by atoms with Gasteiger partial charge in [-0.15, -0.1) is 0 Å². The van der Waals surface area contributed by atoms with Crippen LogP contribution in [0.15, 0.2) is 22.7 Å². The number of benzene rings is 1. The molecule has 1 N–H and O–H groups in total. The van der Waals surface area contributed by atoms with Gasteiger partial charge in [0, 0.05) is 18.7 Å². The van der Waals surface area contributed by atoms with E-state index in [0.717, 1.165) is 0 Å². The number of carbonyl (C=O) groups excluding carboxylic acids is 1. The first-order chi connectivity index (χ1) is 7.58. The van der Waals surface area contributed by atoms with Crippen molar-refractivity contribution in [3.8, 4) is 0 Å². The predicted molar refractivity (Wildman–Crippen MR) is 60.6 cm³/mol. The van der Waals surface area contributed by atoms with Crippen molar-refractivity contribution in [1.82, 2.24) is 4.90 Å². The second-order valence-corrected chi connectivity index (χ2v) is 4.68. The lowest BCUT2D eigenvalue weighted by atomic mass is 10.2. The smallest absolute Gasteiger partial charge is 0.253 e. The van der Waals surface area contributed by atoms with Crippen LogP contribution in [-0.4, -0.2) is 35.1 Å². The van der Waals surface area contributed by atoms with Crippen molar-refractivity contribution in [3.63, 3.8) is 0 Å². The van der Waals surface area contributed by atoms with Gasteiger partial charge < -0.3 is 10.0 Å². The highest BCUT2D eigenvalue weighted by Gasteiger charge is 2.25. The number of likely N-dealkylation sites (tertiary alicyclic amines) is 1. The molecule has 1 aliphatic heterocycles. The van der Waals surface area contributed by atoms with E-state index in [9.17, 15) is 14.3 Å². The molecule has 0 aromatic heterocycles. The fourth-order valence-electron chi connectivity index (χ4n) is 1.74. The number of hydrogen-bond donors (Lipinski definition) is 1. The summed E-state index contributed by atoms with van der Waals surface area (Å²) in [6.45, 7) is 0.906. The Kier molecular flexibility index (Phi) is 3.25. The van der Waals surface area contributed by atoms with Gasteiger partial charge >= 0.3 is 0 Å². The Balaban J connectivity index is 2.18. The first-order valence-electron chi connectivity index (χ1n) is 5.00. The second kappa shape index (κ2) is 4.51. The minimum absolute atomic E-state index is 0.169. The van der Waals surface area contributed by atoms with Gasteiger partial charge in [-0.1, -0.05) is 0 Å². The summed E-state index contributed by atoms with van der Waals surface area (Å²) in [6.07, 6.45) is 0.168. The Morgan fingerprint density at radius 2 is 2.31 bits per heavy atom. The lowest BCUT2D eigenvalue weighted by Gasteiger charge is -2.15. The quantitative estimate of drug-likeness (QED) is 0.856. The topological polar surface area (TPSA) is 40.5 Å². The third-order valence-electron chi connectivity index (χ3n) is 2.62. The molecule has 0 unspecified atom stereocenters. The number of aliphatic hydroxyl groups is 1. The van der Waals surface area contributed by atoms with E-state index in [1.54, 1.807) is 4.90 Å². The molecule has 86 valence electrons. The molecule has 1 aliphatic rings. The number of nitrogens with zero attached hydrogens (tertiary/aromatic N) is 1. The van der Waals surface area contributed by atoms with Gasteiger partial charge in [0.2, 0.25) is 0 Å². The summed E-state index contributed by atoms with van der Waals surface area (Å²) in [7, 11) is 0. The van der Waals surface area contributed by atoms with Crippen LogP contribution in [0.2, 0.25) is 0 Å². The van der Waals surface area contributed by atoms with E-state index in [1.807, 2.05) is 0 Å². The Morgan fingerprint density at radius 3 is 2.88 bits per heavy atom. The highest BCUT2D eigenvalue weighted by atomic mass is 79.9. The van der Waals surface area contributed by atoms with Gasteiger partial charge in [0.15, 0.2) is 0 Å². The van der Waals surface area contributed by atoms with Crippen LogP contribution >= 0.6 is 15.9 Å². The summed E-state index contributed by atoms with van der Waals surface area (Å²) in [5.74, 6) is -0.560. The molecule has 0 radical (unpaired) electrons. The Labute approximate surface area is 101 Å². The summed E-state index contributed by atoms with van der Waals surface area (Å²) in [4.78, 5) is 13.5. The van der Waals surface area contributed by atoms with Crippen molar-refractivity contribution < 1.29 is 14.3 Å². The summed E-state index contributed by atoms with van der Waals surface area (Å²) in [5, 5.41) is 9.33. The van der Waals surface area contributed by atoms with Crippen LogP contribution in [0.25, 0.3) is 0 Å². The highest BCUT2D eigenvalue weighted by Crippen LogP contribution is 2.19. The van der Waals surface area contributed by atoms with E-state index in [1.165, 1.54) is 18.2 Å². The maximum atomic E-state index is 13.0. The zero-order valence-corrected chi connectivity index (χ0v) is 10.1. The lowest BCUT2D eigenvalue weighted by Crippen LogP contribution is -2.29. The maximum Gasteiger partial charge on any atom is 0.253 e. The number of halogens is 2. The van der Waals surface area contributed by atoms with E-state index in [-0.39, 0.29) is 10.4 Å². The molecule has 0 saturated carbocycles. The molecule has 0 bridgehead atoms. The zero-order chi connectivity index (χ0) is 11.7. The van der Waals surface area contributed by atoms with Gasteiger partial charge in [-0.05, 0) is 40.5 Å². The van der Waals surface area contributed by atoms with E-state index in [2.05, 4.69) is 15.9 Å². The van der Waals surface area contributed by atoms with Crippen LogP contribution in [0.5, 0.6) is 0 Å². The first-order valence-corrected chi connectivity index (χ1v) is 5.79. The van der Waals surface area contributed by atoms with E-state index in [0.29, 0.717) is 25.1 Å². The molecule has 0 spiro atoms. The van der Waals surface area contributed by atoms with Crippen molar-refractivity contribution in [1.29, 1.82) is 0 Å². The Morgan fingerprint density at radius 1 is 1.56 bits per heavy atom. The van der Waals surface area contributed by atoms with Gasteiger partial charge in [-0.2, -0.15) is 0 Å². The summed E-state index contributed by atoms with van der Waals surface area (Å²) in [6, 6.07) is 4.17. The summed E-state index contributed by atoms with van der Waals surface area (Å²) >= 11 is 3.04. The van der Waals surface area contributed by atoms with E-state index >= 15 is 0 Å². The molecule has 5 heteroatoms. The normalized spacial score (nSPS) is 20.2. The Bertz CT molecular complexity index is 424. The monoisotopic (exact) mass is 287 g/mol. The molecule has 1 fully saturated rings. The minimum Gasteiger partial charge on any atom is -0.391 e. The number of amides is 1. The number of rotatable bonds is 1.